The molecule has 0 aliphatic rings. The first-order valence-electron chi connectivity index (χ1n) is 8.89. The molecule has 0 fully saturated rings. The Balaban J connectivity index is 1.61. The van der Waals surface area contributed by atoms with Gasteiger partial charge in [-0.3, -0.25) is 4.79 Å². The molecule has 9 heteroatoms. The molecule has 1 amide bonds. The van der Waals surface area contributed by atoms with Gasteiger partial charge in [-0.2, -0.15) is 5.10 Å². The molecule has 1 heterocycles. The van der Waals surface area contributed by atoms with Crippen molar-refractivity contribution in [1.29, 1.82) is 0 Å². The van der Waals surface area contributed by atoms with Crippen LogP contribution in [0.1, 0.15) is 12.5 Å². The van der Waals surface area contributed by atoms with E-state index < -0.39 is 0 Å². The normalized spacial score (nSPS) is 11.0. The van der Waals surface area contributed by atoms with Gasteiger partial charge in [-0.1, -0.05) is 45.9 Å². The molecule has 0 aliphatic carbocycles. The van der Waals surface area contributed by atoms with Crippen molar-refractivity contribution in [2.45, 2.75) is 18.6 Å². The lowest BCUT2D eigenvalue weighted by molar-refractivity contribution is -0.118. The Hall–Kier alpha value is -2.65. The van der Waals surface area contributed by atoms with Gasteiger partial charge in [-0.05, 0) is 37.3 Å². The van der Waals surface area contributed by atoms with Crippen LogP contribution in [0.2, 0.25) is 0 Å². The van der Waals surface area contributed by atoms with Gasteiger partial charge in [0.2, 0.25) is 0 Å². The first-order chi connectivity index (χ1) is 14.1. The number of thioether (sulfide) groups is 1. The lowest BCUT2D eigenvalue weighted by Gasteiger charge is -2.07. The molecule has 150 valence electrons. The second kappa shape index (κ2) is 10.2. The zero-order valence-electron chi connectivity index (χ0n) is 16.0. The van der Waals surface area contributed by atoms with Crippen molar-refractivity contribution >= 4 is 39.8 Å². The molecule has 29 heavy (non-hydrogen) atoms. The predicted molar refractivity (Wildman–Crippen MR) is 118 cm³/mol. The van der Waals surface area contributed by atoms with E-state index in [9.17, 15) is 4.79 Å². The smallest absolute Gasteiger partial charge is 0.250 e. The van der Waals surface area contributed by atoms with Gasteiger partial charge in [0.25, 0.3) is 5.91 Å². The summed E-state index contributed by atoms with van der Waals surface area (Å²) in [4.78, 5) is 12.1. The largest absolute Gasteiger partial charge is 0.497 e. The van der Waals surface area contributed by atoms with E-state index in [0.717, 1.165) is 27.2 Å². The molecule has 0 aliphatic heterocycles. The predicted octanol–water partition coefficient (Wildman–Crippen LogP) is 3.98. The van der Waals surface area contributed by atoms with Crippen molar-refractivity contribution in [3.05, 3.63) is 58.6 Å². The van der Waals surface area contributed by atoms with Crippen LogP contribution in [0.15, 0.2) is 63.3 Å². The Bertz CT molecular complexity index is 1000. The van der Waals surface area contributed by atoms with E-state index in [2.05, 4.69) is 36.7 Å². The molecule has 3 rings (SSSR count). The average Bonchev–Trinajstić information content (AvgIpc) is 3.16. The number of methoxy groups -OCH3 is 1. The number of rotatable bonds is 8. The maximum atomic E-state index is 12.1. The van der Waals surface area contributed by atoms with Crippen LogP contribution in [0.25, 0.3) is 11.4 Å². The van der Waals surface area contributed by atoms with Gasteiger partial charge < -0.3 is 9.30 Å². The molecule has 0 bridgehead atoms. The molecule has 0 spiro atoms. The quantitative estimate of drug-likeness (QED) is 0.304. The molecule has 3 aromatic rings. The fourth-order valence-electron chi connectivity index (χ4n) is 2.55. The van der Waals surface area contributed by atoms with Crippen molar-refractivity contribution in [3.63, 3.8) is 0 Å². The third kappa shape index (κ3) is 5.45. The fraction of sp³-hybridized carbons (Fsp3) is 0.200. The van der Waals surface area contributed by atoms with Gasteiger partial charge in [-0.15, -0.1) is 10.2 Å². The van der Waals surface area contributed by atoms with E-state index in [4.69, 9.17) is 4.74 Å². The number of carbonyl (C=O) groups is 1. The standard InChI is InChI=1S/C20H20BrN5O2S/c1-3-26-19(14-8-10-16(28-2)11-9-14)24-25-20(26)29-13-18(27)23-22-12-15-6-4-5-7-17(15)21/h4-12H,3,13H2,1-2H3,(H,23,27)/b22-12-. The van der Waals surface area contributed by atoms with Gasteiger partial charge >= 0.3 is 0 Å². The molecule has 0 saturated heterocycles. The molecule has 1 aromatic heterocycles. The number of hydrazone groups is 1. The van der Waals surface area contributed by atoms with Crippen LogP contribution in [0.4, 0.5) is 0 Å². The number of nitrogens with zero attached hydrogens (tertiary/aromatic N) is 4. The molecule has 0 radical (unpaired) electrons. The molecule has 7 nitrogen and oxygen atoms in total. The van der Waals surface area contributed by atoms with Gasteiger partial charge in [0.15, 0.2) is 11.0 Å². The number of amides is 1. The SMILES string of the molecule is CCn1c(SCC(=O)N/N=C\c2ccccc2Br)nnc1-c1ccc(OC)cc1. The number of ether oxygens (including phenoxy) is 1. The molecular formula is C20H20BrN5O2S. The summed E-state index contributed by atoms with van der Waals surface area (Å²) in [6.45, 7) is 2.71. The molecule has 2 aromatic carbocycles. The number of hydrogen-bond donors (Lipinski definition) is 1. The topological polar surface area (TPSA) is 81.4 Å². The number of halogens is 1. The van der Waals surface area contributed by atoms with Crippen LogP contribution < -0.4 is 10.2 Å². The Morgan fingerprint density at radius 3 is 2.69 bits per heavy atom. The van der Waals surface area contributed by atoms with Crippen LogP contribution in [-0.2, 0) is 11.3 Å². The third-order valence-electron chi connectivity index (χ3n) is 4.01. The van der Waals surface area contributed by atoms with Crippen LogP contribution in [0, 0.1) is 0 Å². The summed E-state index contributed by atoms with van der Waals surface area (Å²) in [6, 6.07) is 15.3. The van der Waals surface area contributed by atoms with Crippen molar-refractivity contribution in [2.24, 2.45) is 5.10 Å². The fourth-order valence-corrected chi connectivity index (χ4v) is 3.73. The average molecular weight is 474 g/mol. The molecule has 0 saturated carbocycles. The molecule has 1 N–H and O–H groups in total. The molecule has 0 atom stereocenters. The zero-order chi connectivity index (χ0) is 20.6. The maximum absolute atomic E-state index is 12.1. The Morgan fingerprint density at radius 1 is 1.24 bits per heavy atom. The Labute approximate surface area is 181 Å². The van der Waals surface area contributed by atoms with E-state index >= 15 is 0 Å². The monoisotopic (exact) mass is 473 g/mol. The van der Waals surface area contributed by atoms with E-state index in [1.54, 1.807) is 13.3 Å². The summed E-state index contributed by atoms with van der Waals surface area (Å²) in [5.41, 5.74) is 4.36. The summed E-state index contributed by atoms with van der Waals surface area (Å²) in [5, 5.41) is 13.2. The van der Waals surface area contributed by atoms with Gasteiger partial charge in [-0.25, -0.2) is 5.43 Å². The van der Waals surface area contributed by atoms with E-state index in [-0.39, 0.29) is 11.7 Å². The van der Waals surface area contributed by atoms with Gasteiger partial charge in [0, 0.05) is 22.1 Å². The summed E-state index contributed by atoms with van der Waals surface area (Å²) in [5.74, 6) is 1.51. The number of aromatic nitrogens is 3. The van der Waals surface area contributed by atoms with E-state index in [1.807, 2.05) is 60.0 Å². The van der Waals surface area contributed by atoms with E-state index in [0.29, 0.717) is 11.7 Å². The highest BCUT2D eigenvalue weighted by Crippen LogP contribution is 2.25. The minimum absolute atomic E-state index is 0.189. The summed E-state index contributed by atoms with van der Waals surface area (Å²) >= 11 is 4.76. The second-order valence-electron chi connectivity index (χ2n) is 5.88. The maximum Gasteiger partial charge on any atom is 0.250 e. The number of carbonyl (C=O) groups excluding carboxylic acids is 1. The first-order valence-corrected chi connectivity index (χ1v) is 10.7. The van der Waals surface area contributed by atoms with Crippen molar-refractivity contribution in [3.8, 4) is 17.1 Å². The van der Waals surface area contributed by atoms with Crippen LogP contribution >= 0.6 is 27.7 Å². The van der Waals surface area contributed by atoms with Crippen molar-refractivity contribution in [1.82, 2.24) is 20.2 Å². The molecule has 0 unspecified atom stereocenters. The second-order valence-corrected chi connectivity index (χ2v) is 7.68. The summed E-state index contributed by atoms with van der Waals surface area (Å²) in [7, 11) is 1.63. The van der Waals surface area contributed by atoms with Gasteiger partial charge in [0.05, 0.1) is 19.1 Å². The van der Waals surface area contributed by atoms with Gasteiger partial charge in [0.1, 0.15) is 5.75 Å². The highest BCUT2D eigenvalue weighted by molar-refractivity contribution is 9.10. The van der Waals surface area contributed by atoms with Crippen LogP contribution in [0.3, 0.4) is 0 Å². The number of nitrogens with one attached hydrogen (secondary N) is 1. The van der Waals surface area contributed by atoms with Crippen LogP contribution in [0.5, 0.6) is 5.75 Å². The Morgan fingerprint density at radius 2 is 2.00 bits per heavy atom. The lowest BCUT2D eigenvalue weighted by atomic mass is 10.2. The van der Waals surface area contributed by atoms with Crippen molar-refractivity contribution < 1.29 is 9.53 Å². The summed E-state index contributed by atoms with van der Waals surface area (Å²) < 4.78 is 8.08. The minimum atomic E-state index is -0.213. The lowest BCUT2D eigenvalue weighted by Crippen LogP contribution is -2.20. The first kappa shape index (κ1) is 21.1. The van der Waals surface area contributed by atoms with Crippen LogP contribution in [-0.4, -0.2) is 39.7 Å². The molecular weight excluding hydrogens is 454 g/mol. The Kier molecular flexibility index (Phi) is 7.42. The third-order valence-corrected chi connectivity index (χ3v) is 5.70. The number of benzene rings is 2. The zero-order valence-corrected chi connectivity index (χ0v) is 18.4. The minimum Gasteiger partial charge on any atom is -0.497 e. The summed E-state index contributed by atoms with van der Waals surface area (Å²) in [6.07, 6.45) is 1.60. The van der Waals surface area contributed by atoms with E-state index in [1.165, 1.54) is 11.8 Å². The highest BCUT2D eigenvalue weighted by Gasteiger charge is 2.14. The number of hydrogen-bond acceptors (Lipinski definition) is 6. The highest BCUT2D eigenvalue weighted by atomic mass is 79.9. The van der Waals surface area contributed by atoms with Crippen molar-refractivity contribution in [2.75, 3.05) is 12.9 Å².